The summed E-state index contributed by atoms with van der Waals surface area (Å²) in [6, 6.07) is 8.11. The maximum atomic E-state index is 12.2. The fourth-order valence-corrected chi connectivity index (χ4v) is 2.74. The minimum atomic E-state index is -0.347. The molecule has 2 aromatic rings. The van der Waals surface area contributed by atoms with Crippen LogP contribution < -0.4 is 10.2 Å². The second-order valence-electron chi connectivity index (χ2n) is 5.49. The average Bonchev–Trinajstić information content (AvgIpc) is 2.64. The Morgan fingerprint density at radius 1 is 1.04 bits per heavy atom. The van der Waals surface area contributed by atoms with E-state index in [9.17, 15) is 9.59 Å². The van der Waals surface area contributed by atoms with Crippen LogP contribution in [0.5, 0.6) is 0 Å². The summed E-state index contributed by atoms with van der Waals surface area (Å²) in [4.78, 5) is 26.7. The molecular weight excluding hydrogens is 365 g/mol. The van der Waals surface area contributed by atoms with Crippen molar-refractivity contribution in [3.63, 3.8) is 0 Å². The van der Waals surface area contributed by atoms with Gasteiger partial charge in [0.05, 0.1) is 10.0 Å². The second-order valence-corrected chi connectivity index (χ2v) is 6.30. The van der Waals surface area contributed by atoms with E-state index >= 15 is 0 Å². The van der Waals surface area contributed by atoms with Gasteiger partial charge in [-0.05, 0) is 30.3 Å². The molecule has 130 valence electrons. The van der Waals surface area contributed by atoms with Crippen molar-refractivity contribution in [1.29, 1.82) is 0 Å². The van der Waals surface area contributed by atoms with Gasteiger partial charge >= 0.3 is 0 Å². The van der Waals surface area contributed by atoms with E-state index in [-0.39, 0.29) is 5.91 Å². The van der Waals surface area contributed by atoms with Gasteiger partial charge in [-0.3, -0.25) is 9.59 Å². The quantitative estimate of drug-likeness (QED) is 0.824. The highest BCUT2D eigenvalue weighted by molar-refractivity contribution is 6.42. The van der Waals surface area contributed by atoms with Gasteiger partial charge in [-0.2, -0.15) is 0 Å². The molecule has 1 aromatic carbocycles. The van der Waals surface area contributed by atoms with Gasteiger partial charge in [-0.15, -0.1) is 10.2 Å². The van der Waals surface area contributed by atoms with Crippen molar-refractivity contribution in [1.82, 2.24) is 15.1 Å². The largest absolute Gasteiger partial charge is 0.352 e. The number of hydrogen-bond donors (Lipinski definition) is 1. The molecule has 0 radical (unpaired) electrons. The molecule has 1 aliphatic heterocycles. The molecule has 9 heteroatoms. The van der Waals surface area contributed by atoms with Crippen LogP contribution in [0.3, 0.4) is 0 Å². The van der Waals surface area contributed by atoms with Crippen LogP contribution in [0.4, 0.5) is 11.6 Å². The minimum Gasteiger partial charge on any atom is -0.352 e. The number of nitrogens with one attached hydrogen (secondary N) is 1. The summed E-state index contributed by atoms with van der Waals surface area (Å²) in [5.41, 5.74) is 0.380. The summed E-state index contributed by atoms with van der Waals surface area (Å²) < 4.78 is 0. The molecule has 25 heavy (non-hydrogen) atoms. The van der Waals surface area contributed by atoms with Crippen molar-refractivity contribution in [2.75, 3.05) is 36.4 Å². The Labute approximate surface area is 154 Å². The van der Waals surface area contributed by atoms with Gasteiger partial charge < -0.3 is 15.1 Å². The summed E-state index contributed by atoms with van der Waals surface area (Å²) in [5.74, 6) is 0.699. The Balaban J connectivity index is 1.63. The lowest BCUT2D eigenvalue weighted by molar-refractivity contribution is -0.118. The third-order valence-corrected chi connectivity index (χ3v) is 4.60. The van der Waals surface area contributed by atoms with Gasteiger partial charge in [-0.1, -0.05) is 23.2 Å². The Bertz CT molecular complexity index is 777. The average molecular weight is 380 g/mol. The van der Waals surface area contributed by atoms with Crippen LogP contribution in [0.2, 0.25) is 10.0 Å². The molecule has 0 bridgehead atoms. The van der Waals surface area contributed by atoms with E-state index in [4.69, 9.17) is 23.2 Å². The molecule has 1 fully saturated rings. The van der Waals surface area contributed by atoms with Crippen molar-refractivity contribution >= 4 is 47.2 Å². The SMILES string of the molecule is O=CN1CCN(c2ccc(NC(=O)c3ccc(Cl)c(Cl)c3)nn2)CC1. The predicted molar refractivity (Wildman–Crippen MR) is 96.3 cm³/mol. The Hall–Kier alpha value is -2.38. The Kier molecular flexibility index (Phi) is 5.35. The standard InChI is InChI=1S/C16H15Cl2N5O2/c17-12-2-1-11(9-13(12)18)16(25)19-14-3-4-15(21-20-14)23-7-5-22(10-24)6-8-23/h1-4,9-10H,5-8H2,(H,19,20,25). The van der Waals surface area contributed by atoms with E-state index in [0.717, 1.165) is 6.41 Å². The van der Waals surface area contributed by atoms with Crippen LogP contribution in [-0.2, 0) is 4.79 Å². The van der Waals surface area contributed by atoms with Gasteiger partial charge in [-0.25, -0.2) is 0 Å². The molecule has 0 aliphatic carbocycles. The summed E-state index contributed by atoms with van der Waals surface area (Å²) in [5, 5.41) is 11.5. The molecule has 0 saturated carbocycles. The first-order valence-electron chi connectivity index (χ1n) is 7.61. The number of amides is 2. The number of carbonyl (C=O) groups excluding carboxylic acids is 2. The smallest absolute Gasteiger partial charge is 0.256 e. The molecule has 3 rings (SSSR count). The van der Waals surface area contributed by atoms with E-state index in [1.165, 1.54) is 6.07 Å². The fraction of sp³-hybridized carbons (Fsp3) is 0.250. The molecule has 0 atom stereocenters. The summed E-state index contributed by atoms with van der Waals surface area (Å²) >= 11 is 11.8. The fourth-order valence-electron chi connectivity index (χ4n) is 2.44. The van der Waals surface area contributed by atoms with Crippen LogP contribution >= 0.6 is 23.2 Å². The number of aromatic nitrogens is 2. The highest BCUT2D eigenvalue weighted by Crippen LogP contribution is 2.23. The molecule has 7 nitrogen and oxygen atoms in total. The molecule has 0 spiro atoms. The zero-order valence-electron chi connectivity index (χ0n) is 13.2. The topological polar surface area (TPSA) is 78.4 Å². The lowest BCUT2D eigenvalue weighted by Crippen LogP contribution is -2.46. The number of anilines is 2. The molecule has 1 N–H and O–H groups in total. The number of benzene rings is 1. The van der Waals surface area contributed by atoms with Crippen LogP contribution in [0, 0.1) is 0 Å². The lowest BCUT2D eigenvalue weighted by atomic mass is 10.2. The number of rotatable bonds is 4. The van der Waals surface area contributed by atoms with Crippen LogP contribution in [-0.4, -0.2) is 53.6 Å². The third kappa shape index (κ3) is 4.18. The molecule has 2 heterocycles. The zero-order valence-corrected chi connectivity index (χ0v) is 14.7. The van der Waals surface area contributed by atoms with Crippen LogP contribution in [0.1, 0.15) is 10.4 Å². The summed E-state index contributed by atoms with van der Waals surface area (Å²) in [7, 11) is 0. The number of piperazine rings is 1. The van der Waals surface area contributed by atoms with Crippen molar-refractivity contribution < 1.29 is 9.59 Å². The maximum Gasteiger partial charge on any atom is 0.256 e. The van der Waals surface area contributed by atoms with E-state index in [1.807, 2.05) is 4.90 Å². The van der Waals surface area contributed by atoms with Crippen LogP contribution in [0.25, 0.3) is 0 Å². The highest BCUT2D eigenvalue weighted by atomic mass is 35.5. The first kappa shape index (κ1) is 17.4. The predicted octanol–water partition coefficient (Wildman–Crippen LogP) is 2.31. The summed E-state index contributed by atoms with van der Waals surface area (Å²) in [6.07, 6.45) is 0.852. The van der Waals surface area contributed by atoms with Crippen molar-refractivity contribution in [2.24, 2.45) is 0 Å². The van der Waals surface area contributed by atoms with Crippen molar-refractivity contribution in [3.05, 3.63) is 45.9 Å². The highest BCUT2D eigenvalue weighted by Gasteiger charge is 2.17. The van der Waals surface area contributed by atoms with Crippen LogP contribution in [0.15, 0.2) is 30.3 Å². The van der Waals surface area contributed by atoms with E-state index in [1.54, 1.807) is 29.2 Å². The molecule has 1 saturated heterocycles. The number of hydrogen-bond acceptors (Lipinski definition) is 5. The minimum absolute atomic E-state index is 0.310. The molecular formula is C16H15Cl2N5O2. The number of carbonyl (C=O) groups is 2. The van der Waals surface area contributed by atoms with Gasteiger partial charge in [0.15, 0.2) is 11.6 Å². The first-order valence-corrected chi connectivity index (χ1v) is 8.37. The van der Waals surface area contributed by atoms with E-state index in [0.29, 0.717) is 53.4 Å². The third-order valence-electron chi connectivity index (χ3n) is 3.86. The number of nitrogens with zero attached hydrogens (tertiary/aromatic N) is 4. The lowest BCUT2D eigenvalue weighted by Gasteiger charge is -2.32. The number of halogens is 2. The summed E-state index contributed by atoms with van der Waals surface area (Å²) in [6.45, 7) is 2.70. The van der Waals surface area contributed by atoms with E-state index < -0.39 is 0 Å². The maximum absolute atomic E-state index is 12.2. The van der Waals surface area contributed by atoms with Gasteiger partial charge in [0.2, 0.25) is 6.41 Å². The molecule has 1 aliphatic rings. The molecule has 2 amide bonds. The Morgan fingerprint density at radius 2 is 1.80 bits per heavy atom. The molecule has 0 unspecified atom stereocenters. The van der Waals surface area contributed by atoms with Crippen molar-refractivity contribution in [3.8, 4) is 0 Å². The monoisotopic (exact) mass is 379 g/mol. The second kappa shape index (κ2) is 7.67. The zero-order chi connectivity index (χ0) is 17.8. The van der Waals surface area contributed by atoms with Gasteiger partial charge in [0.1, 0.15) is 0 Å². The van der Waals surface area contributed by atoms with Gasteiger partial charge in [0, 0.05) is 31.7 Å². The van der Waals surface area contributed by atoms with Gasteiger partial charge in [0.25, 0.3) is 5.91 Å². The van der Waals surface area contributed by atoms with Crippen molar-refractivity contribution in [2.45, 2.75) is 0 Å². The normalized spacial score (nSPS) is 14.3. The van der Waals surface area contributed by atoms with E-state index in [2.05, 4.69) is 15.5 Å². The molecule has 1 aromatic heterocycles. The first-order chi connectivity index (χ1) is 12.1. The Morgan fingerprint density at radius 3 is 2.40 bits per heavy atom.